The first-order valence-corrected chi connectivity index (χ1v) is 12.1. The fraction of sp³-hybridized carbons (Fsp3) is 0.615. The summed E-state index contributed by atoms with van der Waals surface area (Å²) in [6.07, 6.45) is -0.203. The molecule has 3 unspecified atom stereocenters. The fourth-order valence-corrected chi connectivity index (χ4v) is 3.68. The summed E-state index contributed by atoms with van der Waals surface area (Å²) in [7, 11) is 1.21. The summed E-state index contributed by atoms with van der Waals surface area (Å²) in [6, 6.07) is 3.25. The number of alkyl carbamates (subject to hydrolysis) is 1. The predicted octanol–water partition coefficient (Wildman–Crippen LogP) is 2.39. The van der Waals surface area contributed by atoms with Gasteiger partial charge in [0.2, 0.25) is 11.8 Å². The van der Waals surface area contributed by atoms with E-state index in [0.717, 1.165) is 11.1 Å². The van der Waals surface area contributed by atoms with E-state index in [0.29, 0.717) is 12.0 Å². The van der Waals surface area contributed by atoms with Gasteiger partial charge < -0.3 is 30.1 Å². The fourth-order valence-electron chi connectivity index (χ4n) is 3.68. The number of rotatable bonds is 11. The molecule has 10 heteroatoms. The molecule has 0 aliphatic carbocycles. The second kappa shape index (κ2) is 13.8. The molecule has 0 fully saturated rings. The van der Waals surface area contributed by atoms with Crippen molar-refractivity contribution in [3.63, 3.8) is 0 Å². The molecule has 1 aromatic carbocycles. The lowest BCUT2D eigenvalue weighted by Crippen LogP contribution is -2.56. The van der Waals surface area contributed by atoms with E-state index in [1.54, 1.807) is 33.8 Å². The van der Waals surface area contributed by atoms with Gasteiger partial charge in [-0.3, -0.25) is 14.4 Å². The highest BCUT2D eigenvalue weighted by Gasteiger charge is 2.38. The zero-order valence-electron chi connectivity index (χ0n) is 22.6. The number of methoxy groups -OCH3 is 1. The highest BCUT2D eigenvalue weighted by molar-refractivity contribution is 5.93. The van der Waals surface area contributed by atoms with Crippen molar-refractivity contribution in [3.8, 4) is 0 Å². The molecule has 0 spiro atoms. The Bertz CT molecular complexity index is 927. The molecular formula is C26H41N3O7. The number of carbonyl (C=O) groups excluding carboxylic acids is 4. The van der Waals surface area contributed by atoms with Gasteiger partial charge in [0.1, 0.15) is 24.2 Å². The number of aliphatic hydroxyl groups is 1. The molecule has 1 aromatic rings. The van der Waals surface area contributed by atoms with Gasteiger partial charge in [-0.15, -0.1) is 0 Å². The van der Waals surface area contributed by atoms with Crippen LogP contribution < -0.4 is 10.6 Å². The van der Waals surface area contributed by atoms with Crippen LogP contribution in [0, 0.1) is 19.8 Å². The summed E-state index contributed by atoms with van der Waals surface area (Å²) < 4.78 is 9.97. The molecule has 0 aliphatic rings. The third-order valence-electron chi connectivity index (χ3n) is 5.69. The molecule has 0 bridgehead atoms. The number of hydrogen-bond donors (Lipinski definition) is 3. The summed E-state index contributed by atoms with van der Waals surface area (Å²) in [5.74, 6) is -2.12. The van der Waals surface area contributed by atoms with Gasteiger partial charge in [-0.25, -0.2) is 4.79 Å². The second-order valence-electron chi connectivity index (χ2n) is 9.82. The highest BCUT2D eigenvalue weighted by Crippen LogP contribution is 2.27. The SMILES string of the molecule is CCC(C)C(NC(=O)OC(C)(C)C)C(=O)N(CCO)C(C(=O)NCC(=O)OC)c1ccc(C)cc1C. The molecule has 0 radical (unpaired) electrons. The maximum absolute atomic E-state index is 13.9. The van der Waals surface area contributed by atoms with E-state index in [1.807, 2.05) is 32.9 Å². The second-order valence-corrected chi connectivity index (χ2v) is 9.82. The van der Waals surface area contributed by atoms with Crippen molar-refractivity contribution in [2.24, 2.45) is 5.92 Å². The lowest BCUT2D eigenvalue weighted by molar-refractivity contribution is -0.145. The Kier molecular flexibility index (Phi) is 11.9. The van der Waals surface area contributed by atoms with Crippen molar-refractivity contribution in [3.05, 3.63) is 34.9 Å². The Hall–Kier alpha value is -3.14. The number of amides is 3. The molecule has 10 nitrogen and oxygen atoms in total. The van der Waals surface area contributed by atoms with Crippen molar-refractivity contribution in [1.29, 1.82) is 0 Å². The van der Waals surface area contributed by atoms with E-state index in [1.165, 1.54) is 12.0 Å². The van der Waals surface area contributed by atoms with E-state index in [-0.39, 0.29) is 19.0 Å². The Morgan fingerprint density at radius 2 is 1.78 bits per heavy atom. The van der Waals surface area contributed by atoms with E-state index in [2.05, 4.69) is 15.4 Å². The zero-order chi connectivity index (χ0) is 27.6. The number of carbonyl (C=O) groups is 4. The van der Waals surface area contributed by atoms with Crippen LogP contribution in [0.1, 0.15) is 63.8 Å². The minimum Gasteiger partial charge on any atom is -0.468 e. The normalized spacial score (nSPS) is 13.7. The molecule has 0 saturated carbocycles. The number of esters is 1. The van der Waals surface area contributed by atoms with Gasteiger partial charge in [-0.2, -0.15) is 0 Å². The first-order chi connectivity index (χ1) is 16.7. The smallest absolute Gasteiger partial charge is 0.408 e. The minimum atomic E-state index is -1.16. The standard InChI is InChI=1S/C26H41N3O7/c1-9-17(3)21(28-25(34)36-26(5,6)7)24(33)29(12-13-30)22(23(32)27-15-20(31)35-8)19-11-10-16(2)14-18(19)4/h10-11,14,17,21-22,30H,9,12-13,15H2,1-8H3,(H,27,32)(H,28,34). The van der Waals surface area contributed by atoms with Crippen LogP contribution in [0.5, 0.6) is 0 Å². The average Bonchev–Trinajstić information content (AvgIpc) is 2.79. The first kappa shape index (κ1) is 30.9. The van der Waals surface area contributed by atoms with Crippen LogP contribution in [-0.4, -0.2) is 72.3 Å². The molecule has 202 valence electrons. The maximum Gasteiger partial charge on any atom is 0.408 e. The number of hydrogen-bond acceptors (Lipinski definition) is 7. The quantitative estimate of drug-likeness (QED) is 0.392. The molecule has 3 amide bonds. The van der Waals surface area contributed by atoms with Crippen LogP contribution in [0.4, 0.5) is 4.79 Å². The molecule has 0 aliphatic heterocycles. The van der Waals surface area contributed by atoms with Crippen molar-refractivity contribution in [1.82, 2.24) is 15.5 Å². The van der Waals surface area contributed by atoms with E-state index in [4.69, 9.17) is 4.74 Å². The number of benzene rings is 1. The van der Waals surface area contributed by atoms with Crippen LogP contribution in [0.15, 0.2) is 18.2 Å². The Labute approximate surface area is 213 Å². The number of nitrogens with zero attached hydrogens (tertiary/aromatic N) is 1. The lowest BCUT2D eigenvalue weighted by Gasteiger charge is -2.36. The number of aryl methyl sites for hydroxylation is 2. The molecular weight excluding hydrogens is 466 g/mol. The topological polar surface area (TPSA) is 134 Å². The van der Waals surface area contributed by atoms with Crippen LogP contribution >= 0.6 is 0 Å². The van der Waals surface area contributed by atoms with Crippen LogP contribution in [0.3, 0.4) is 0 Å². The maximum atomic E-state index is 13.9. The number of ether oxygens (including phenoxy) is 2. The molecule has 3 N–H and O–H groups in total. The third-order valence-corrected chi connectivity index (χ3v) is 5.69. The molecule has 0 aromatic heterocycles. The number of aliphatic hydroxyl groups excluding tert-OH is 1. The summed E-state index contributed by atoms with van der Waals surface area (Å²) in [6.45, 7) is 11.6. The number of nitrogens with one attached hydrogen (secondary N) is 2. The molecule has 0 saturated heterocycles. The monoisotopic (exact) mass is 507 g/mol. The van der Waals surface area contributed by atoms with Gasteiger partial charge in [0, 0.05) is 6.54 Å². The molecule has 36 heavy (non-hydrogen) atoms. The third kappa shape index (κ3) is 9.14. The van der Waals surface area contributed by atoms with Gasteiger partial charge in [-0.05, 0) is 51.7 Å². The van der Waals surface area contributed by atoms with Crippen LogP contribution in [-0.2, 0) is 23.9 Å². The Morgan fingerprint density at radius 1 is 1.14 bits per heavy atom. The zero-order valence-corrected chi connectivity index (χ0v) is 22.6. The van der Waals surface area contributed by atoms with Gasteiger partial charge >= 0.3 is 12.1 Å². The molecule has 1 rings (SSSR count). The van der Waals surface area contributed by atoms with E-state index >= 15 is 0 Å². The minimum absolute atomic E-state index is 0.175. The largest absolute Gasteiger partial charge is 0.468 e. The van der Waals surface area contributed by atoms with Crippen molar-refractivity contribution in [2.45, 2.75) is 72.6 Å². The van der Waals surface area contributed by atoms with Gasteiger partial charge in [-0.1, -0.05) is 44.0 Å². The highest BCUT2D eigenvalue weighted by atomic mass is 16.6. The van der Waals surface area contributed by atoms with Crippen molar-refractivity contribution < 1.29 is 33.8 Å². The molecule has 3 atom stereocenters. The van der Waals surface area contributed by atoms with E-state index < -0.39 is 48.2 Å². The summed E-state index contributed by atoms with van der Waals surface area (Å²) >= 11 is 0. The summed E-state index contributed by atoms with van der Waals surface area (Å²) in [5, 5.41) is 15.0. The summed E-state index contributed by atoms with van der Waals surface area (Å²) in [4.78, 5) is 52.8. The average molecular weight is 508 g/mol. The van der Waals surface area contributed by atoms with Crippen LogP contribution in [0.2, 0.25) is 0 Å². The van der Waals surface area contributed by atoms with Crippen molar-refractivity contribution in [2.75, 3.05) is 26.8 Å². The van der Waals surface area contributed by atoms with E-state index in [9.17, 15) is 24.3 Å². The Morgan fingerprint density at radius 3 is 2.28 bits per heavy atom. The van der Waals surface area contributed by atoms with Gasteiger partial charge in [0.05, 0.1) is 13.7 Å². The lowest BCUT2D eigenvalue weighted by atomic mass is 9.93. The first-order valence-electron chi connectivity index (χ1n) is 12.1. The predicted molar refractivity (Wildman–Crippen MR) is 135 cm³/mol. The molecule has 0 heterocycles. The Balaban J connectivity index is 3.51. The summed E-state index contributed by atoms with van der Waals surface area (Å²) in [5.41, 5.74) is 1.48. The van der Waals surface area contributed by atoms with Gasteiger partial charge in [0.25, 0.3) is 0 Å². The van der Waals surface area contributed by atoms with Gasteiger partial charge in [0.15, 0.2) is 0 Å². The van der Waals surface area contributed by atoms with Crippen molar-refractivity contribution >= 4 is 23.9 Å². The van der Waals surface area contributed by atoms with Crippen LogP contribution in [0.25, 0.3) is 0 Å².